The van der Waals surface area contributed by atoms with Gasteiger partial charge in [-0.05, 0) is 25.0 Å². The van der Waals surface area contributed by atoms with Crippen molar-refractivity contribution in [2.75, 3.05) is 5.73 Å². The van der Waals surface area contributed by atoms with E-state index < -0.39 is 0 Å². The molecule has 4 heteroatoms. The second-order valence-corrected chi connectivity index (χ2v) is 5.28. The molecule has 1 saturated carbocycles. The van der Waals surface area contributed by atoms with Crippen LogP contribution in [0.25, 0.3) is 11.3 Å². The van der Waals surface area contributed by atoms with Crippen molar-refractivity contribution < 1.29 is 0 Å². The lowest BCUT2D eigenvalue weighted by molar-refractivity contribution is 0.475. The van der Waals surface area contributed by atoms with Crippen LogP contribution in [0.3, 0.4) is 0 Å². The molecular weight excluding hydrogens is 246 g/mol. The van der Waals surface area contributed by atoms with Crippen molar-refractivity contribution in [3.8, 4) is 11.3 Å². The minimum absolute atomic E-state index is 0.478. The summed E-state index contributed by atoms with van der Waals surface area (Å²) in [5, 5.41) is 5.38. The average molecular weight is 262 g/mol. The molecule has 2 aromatic rings. The van der Waals surface area contributed by atoms with Crippen LogP contribution < -0.4 is 5.73 Å². The van der Waals surface area contributed by atoms with E-state index in [-0.39, 0.29) is 0 Å². The first-order chi connectivity index (χ1) is 8.74. The summed E-state index contributed by atoms with van der Waals surface area (Å²) in [5.74, 6) is 0.756. The molecule has 0 atom stereocenters. The molecule has 1 aliphatic carbocycles. The fourth-order valence-corrected chi connectivity index (χ4v) is 2.74. The second kappa shape index (κ2) is 4.65. The molecule has 0 saturated heterocycles. The van der Waals surface area contributed by atoms with Gasteiger partial charge in [0.1, 0.15) is 5.82 Å². The Hall–Kier alpha value is -1.48. The molecule has 94 valence electrons. The summed E-state index contributed by atoms with van der Waals surface area (Å²) in [6.45, 7) is 0. The lowest BCUT2D eigenvalue weighted by Gasteiger charge is -2.11. The quantitative estimate of drug-likeness (QED) is 0.891. The van der Waals surface area contributed by atoms with E-state index in [1.54, 1.807) is 0 Å². The van der Waals surface area contributed by atoms with Gasteiger partial charge in [0.05, 0.1) is 11.7 Å². The van der Waals surface area contributed by atoms with E-state index in [1.165, 1.54) is 25.7 Å². The van der Waals surface area contributed by atoms with E-state index in [9.17, 15) is 0 Å². The lowest BCUT2D eigenvalue weighted by Crippen LogP contribution is -2.09. The largest absolute Gasteiger partial charge is 0.384 e. The van der Waals surface area contributed by atoms with Gasteiger partial charge in [-0.1, -0.05) is 36.6 Å². The Labute approximate surface area is 112 Å². The molecule has 1 aliphatic rings. The van der Waals surface area contributed by atoms with Crippen molar-refractivity contribution >= 4 is 17.4 Å². The van der Waals surface area contributed by atoms with Crippen LogP contribution in [0.1, 0.15) is 31.7 Å². The summed E-state index contributed by atoms with van der Waals surface area (Å²) >= 11 is 5.89. The normalized spacial score (nSPS) is 16.3. The molecule has 0 aliphatic heterocycles. The Bertz CT molecular complexity index is 539. The molecule has 2 N–H and O–H groups in total. The Morgan fingerprint density at radius 3 is 2.50 bits per heavy atom. The molecule has 1 aromatic carbocycles. The minimum atomic E-state index is 0.478. The van der Waals surface area contributed by atoms with Gasteiger partial charge < -0.3 is 5.73 Å². The van der Waals surface area contributed by atoms with Gasteiger partial charge in [0.25, 0.3) is 0 Å². The highest BCUT2D eigenvalue weighted by molar-refractivity contribution is 6.30. The van der Waals surface area contributed by atoms with Crippen molar-refractivity contribution in [1.82, 2.24) is 9.78 Å². The van der Waals surface area contributed by atoms with Crippen LogP contribution in [-0.4, -0.2) is 9.78 Å². The molecule has 0 unspecified atom stereocenters. The Kier molecular flexibility index (Phi) is 3.00. The van der Waals surface area contributed by atoms with Gasteiger partial charge >= 0.3 is 0 Å². The van der Waals surface area contributed by atoms with Crippen LogP contribution in [0.2, 0.25) is 5.02 Å². The number of nitrogen functional groups attached to an aromatic ring is 1. The van der Waals surface area contributed by atoms with E-state index in [1.807, 2.05) is 35.0 Å². The van der Waals surface area contributed by atoms with E-state index >= 15 is 0 Å². The molecule has 1 aromatic heterocycles. The molecule has 1 heterocycles. The summed E-state index contributed by atoms with van der Waals surface area (Å²) < 4.78 is 1.98. The van der Waals surface area contributed by atoms with Crippen LogP contribution in [0, 0.1) is 0 Å². The van der Waals surface area contributed by atoms with E-state index in [0.717, 1.165) is 22.1 Å². The first kappa shape index (κ1) is 11.6. The first-order valence-corrected chi connectivity index (χ1v) is 6.73. The van der Waals surface area contributed by atoms with Crippen molar-refractivity contribution in [2.24, 2.45) is 0 Å². The van der Waals surface area contributed by atoms with E-state index in [2.05, 4.69) is 5.10 Å². The summed E-state index contributed by atoms with van der Waals surface area (Å²) in [6.07, 6.45) is 4.93. The number of rotatable bonds is 2. The number of anilines is 1. The predicted octanol–water partition coefficient (Wildman–Crippen LogP) is 3.90. The Morgan fingerprint density at radius 1 is 1.17 bits per heavy atom. The number of halogens is 1. The summed E-state index contributed by atoms with van der Waals surface area (Å²) in [4.78, 5) is 0. The van der Waals surface area contributed by atoms with Gasteiger partial charge in [-0.25, -0.2) is 4.68 Å². The van der Waals surface area contributed by atoms with E-state index in [4.69, 9.17) is 17.3 Å². The third-order valence-electron chi connectivity index (χ3n) is 3.58. The van der Waals surface area contributed by atoms with E-state index in [0.29, 0.717) is 6.04 Å². The third-order valence-corrected chi connectivity index (χ3v) is 3.83. The van der Waals surface area contributed by atoms with Crippen molar-refractivity contribution in [1.29, 1.82) is 0 Å². The molecule has 3 nitrogen and oxygen atoms in total. The minimum Gasteiger partial charge on any atom is -0.384 e. The summed E-state index contributed by atoms with van der Waals surface area (Å²) in [6, 6.07) is 10.1. The first-order valence-electron chi connectivity index (χ1n) is 6.35. The molecule has 3 rings (SSSR count). The number of hydrogen-bond donors (Lipinski definition) is 1. The summed E-state index contributed by atoms with van der Waals surface area (Å²) in [7, 11) is 0. The molecule has 0 amide bonds. The zero-order valence-electron chi connectivity index (χ0n) is 10.1. The zero-order valence-corrected chi connectivity index (χ0v) is 10.9. The third kappa shape index (κ3) is 2.10. The number of benzene rings is 1. The molecule has 0 spiro atoms. The fraction of sp³-hybridized carbons (Fsp3) is 0.357. The zero-order chi connectivity index (χ0) is 12.5. The number of nitrogens with zero attached hydrogens (tertiary/aromatic N) is 2. The summed E-state index contributed by atoms with van der Waals surface area (Å²) in [5.41, 5.74) is 8.05. The lowest BCUT2D eigenvalue weighted by atomic mass is 10.1. The highest BCUT2D eigenvalue weighted by Gasteiger charge is 2.20. The van der Waals surface area contributed by atoms with Crippen LogP contribution in [0.5, 0.6) is 0 Å². The van der Waals surface area contributed by atoms with Gasteiger partial charge in [-0.2, -0.15) is 5.10 Å². The Morgan fingerprint density at radius 2 is 1.83 bits per heavy atom. The highest BCUT2D eigenvalue weighted by Crippen LogP contribution is 2.32. The van der Waals surface area contributed by atoms with Crippen LogP contribution in [-0.2, 0) is 0 Å². The van der Waals surface area contributed by atoms with Crippen LogP contribution in [0.4, 0.5) is 5.82 Å². The van der Waals surface area contributed by atoms with Gasteiger partial charge in [0, 0.05) is 16.7 Å². The standard InChI is InChI=1S/C14H16ClN3/c15-11-7-5-10(6-8-11)13-9-14(16)18(17-13)12-3-1-2-4-12/h5-9,12H,1-4,16H2. The molecule has 0 radical (unpaired) electrons. The number of nitrogens with two attached hydrogens (primary N) is 1. The molecular formula is C14H16ClN3. The second-order valence-electron chi connectivity index (χ2n) is 4.84. The molecule has 0 bridgehead atoms. The smallest absolute Gasteiger partial charge is 0.122 e. The monoisotopic (exact) mass is 261 g/mol. The maximum Gasteiger partial charge on any atom is 0.122 e. The molecule has 18 heavy (non-hydrogen) atoms. The van der Waals surface area contributed by atoms with Crippen molar-refractivity contribution in [2.45, 2.75) is 31.7 Å². The van der Waals surface area contributed by atoms with Gasteiger partial charge in [0.15, 0.2) is 0 Å². The molecule has 1 fully saturated rings. The van der Waals surface area contributed by atoms with Gasteiger partial charge in [-0.3, -0.25) is 0 Å². The van der Waals surface area contributed by atoms with Crippen molar-refractivity contribution in [3.63, 3.8) is 0 Å². The Balaban J connectivity index is 1.94. The predicted molar refractivity (Wildman–Crippen MR) is 74.6 cm³/mol. The average Bonchev–Trinajstić information content (AvgIpc) is 2.99. The van der Waals surface area contributed by atoms with Crippen LogP contribution in [0.15, 0.2) is 30.3 Å². The number of aromatic nitrogens is 2. The van der Waals surface area contributed by atoms with Crippen LogP contribution >= 0.6 is 11.6 Å². The van der Waals surface area contributed by atoms with Gasteiger partial charge in [-0.15, -0.1) is 0 Å². The topological polar surface area (TPSA) is 43.8 Å². The highest BCUT2D eigenvalue weighted by atomic mass is 35.5. The maximum absolute atomic E-state index is 6.06. The van der Waals surface area contributed by atoms with Crippen molar-refractivity contribution in [3.05, 3.63) is 35.4 Å². The van der Waals surface area contributed by atoms with Gasteiger partial charge in [0.2, 0.25) is 0 Å². The number of hydrogen-bond acceptors (Lipinski definition) is 2. The fourth-order valence-electron chi connectivity index (χ4n) is 2.61. The SMILES string of the molecule is Nc1cc(-c2ccc(Cl)cc2)nn1C1CCCC1. The maximum atomic E-state index is 6.06.